The second kappa shape index (κ2) is 8.98. The zero-order valence-electron chi connectivity index (χ0n) is 22.3. The van der Waals surface area contributed by atoms with Crippen molar-refractivity contribution in [3.8, 4) is 5.75 Å². The van der Waals surface area contributed by atoms with Gasteiger partial charge in [-0.05, 0) is 62.4 Å². The largest absolute Gasteiger partial charge is 0.476 e. The van der Waals surface area contributed by atoms with E-state index in [0.717, 1.165) is 43.0 Å². The molecule has 5 amide bonds. The van der Waals surface area contributed by atoms with Gasteiger partial charge in [0.05, 0.1) is 5.69 Å². The minimum absolute atomic E-state index is 0. The molecule has 2 aromatic carbocycles. The molecule has 11 nitrogen and oxygen atoms in total. The zero-order chi connectivity index (χ0) is 27.5. The Balaban J connectivity index is 0.00000194. The smallest absolute Gasteiger partial charge is 0.322 e. The molecule has 6 rings (SSSR count). The van der Waals surface area contributed by atoms with Crippen molar-refractivity contribution >= 4 is 40.8 Å². The third-order valence-corrected chi connectivity index (χ3v) is 8.02. The standard InChI is InChI=1S/C28H32N6O5.2H2/c1-27(2)25(37)34(21-13-20(6-7-22(21)39-27)33-10-8-32(3)9-11-33)16-23(35)29-19-5-4-17-14-28(15-18(17)12-19)24(36)30-26(38)31-28;;/h4-7,12-13H,8-11,14-16H2,1-3H3,(H,29,35)(H2,30,31,36,38);2*1H. The number of piperazine rings is 1. The monoisotopic (exact) mass is 536 g/mol. The van der Waals surface area contributed by atoms with Crippen LogP contribution in [-0.4, -0.2) is 79.6 Å². The van der Waals surface area contributed by atoms with Gasteiger partial charge in [-0.2, -0.15) is 0 Å². The molecule has 4 aliphatic rings. The molecule has 2 saturated heterocycles. The molecule has 0 radical (unpaired) electrons. The molecule has 3 aliphatic heterocycles. The van der Waals surface area contributed by atoms with Gasteiger partial charge in [0.25, 0.3) is 11.8 Å². The number of imide groups is 1. The number of likely N-dealkylation sites (N-methyl/N-ethyl adjacent to an activating group) is 1. The van der Waals surface area contributed by atoms with Crippen LogP contribution in [-0.2, 0) is 27.2 Å². The Hall–Kier alpha value is -4.12. The molecule has 2 fully saturated rings. The summed E-state index contributed by atoms with van der Waals surface area (Å²) in [6.07, 6.45) is 0.750. The Labute approximate surface area is 229 Å². The van der Waals surface area contributed by atoms with Crippen molar-refractivity contribution in [1.29, 1.82) is 0 Å². The van der Waals surface area contributed by atoms with E-state index in [-0.39, 0.29) is 27.1 Å². The average molecular weight is 537 g/mol. The lowest BCUT2D eigenvalue weighted by atomic mass is 9.96. The molecule has 1 spiro atoms. The topological polar surface area (TPSA) is 123 Å². The molecule has 11 heteroatoms. The van der Waals surface area contributed by atoms with Crippen LogP contribution in [0.5, 0.6) is 5.75 Å². The van der Waals surface area contributed by atoms with E-state index in [1.165, 1.54) is 4.90 Å². The van der Waals surface area contributed by atoms with Gasteiger partial charge in [0.15, 0.2) is 5.60 Å². The van der Waals surface area contributed by atoms with Gasteiger partial charge < -0.3 is 25.2 Å². The van der Waals surface area contributed by atoms with E-state index in [0.29, 0.717) is 30.0 Å². The molecular weight excluding hydrogens is 500 g/mol. The molecule has 2 aromatic rings. The number of fused-ring (bicyclic) bond motifs is 2. The van der Waals surface area contributed by atoms with E-state index >= 15 is 0 Å². The number of rotatable bonds is 4. The Morgan fingerprint density at radius 3 is 2.49 bits per heavy atom. The van der Waals surface area contributed by atoms with Gasteiger partial charge in [0.2, 0.25) is 5.91 Å². The zero-order valence-corrected chi connectivity index (χ0v) is 22.3. The molecule has 3 heterocycles. The Bertz CT molecular complexity index is 1410. The quantitative estimate of drug-likeness (QED) is 0.509. The number of hydrogen-bond donors (Lipinski definition) is 3. The lowest BCUT2D eigenvalue weighted by Crippen LogP contribution is -2.54. The first-order chi connectivity index (χ1) is 18.5. The summed E-state index contributed by atoms with van der Waals surface area (Å²) < 4.78 is 6.02. The summed E-state index contributed by atoms with van der Waals surface area (Å²) in [6.45, 7) is 6.87. The van der Waals surface area contributed by atoms with Crippen molar-refractivity contribution in [3.63, 3.8) is 0 Å². The molecule has 0 bridgehead atoms. The lowest BCUT2D eigenvalue weighted by Gasteiger charge is -2.40. The predicted octanol–water partition coefficient (Wildman–Crippen LogP) is 1.75. The second-order valence-corrected chi connectivity index (χ2v) is 11.3. The molecule has 0 aromatic heterocycles. The molecule has 3 N–H and O–H groups in total. The number of carbonyl (C=O) groups is 4. The van der Waals surface area contributed by atoms with Crippen molar-refractivity contribution < 1.29 is 26.8 Å². The van der Waals surface area contributed by atoms with Crippen molar-refractivity contribution in [3.05, 3.63) is 47.5 Å². The molecule has 1 atom stereocenters. The van der Waals surface area contributed by atoms with Crippen molar-refractivity contribution in [2.24, 2.45) is 0 Å². The Kier molecular flexibility index (Phi) is 5.79. The number of amides is 5. The maximum Gasteiger partial charge on any atom is 0.322 e. The molecular formula is C28H36N6O5. The summed E-state index contributed by atoms with van der Waals surface area (Å²) in [4.78, 5) is 56.8. The van der Waals surface area contributed by atoms with Gasteiger partial charge in [-0.1, -0.05) is 6.07 Å². The first-order valence-electron chi connectivity index (χ1n) is 13.2. The SMILES string of the molecule is CN1CCN(c2ccc3c(c2)N(CC(=O)Nc2ccc4c(c2)CC2(C4)NC(=O)NC2=O)C(=O)C(C)(C)O3)CC1.[HH].[HH]. The third-order valence-electron chi connectivity index (χ3n) is 8.02. The number of ether oxygens (including phenoxy) is 1. The minimum Gasteiger partial charge on any atom is -0.476 e. The Morgan fingerprint density at radius 1 is 1.03 bits per heavy atom. The molecule has 39 heavy (non-hydrogen) atoms. The first kappa shape index (κ1) is 25.2. The number of benzene rings is 2. The van der Waals surface area contributed by atoms with Gasteiger partial charge in [-0.3, -0.25) is 24.6 Å². The highest BCUT2D eigenvalue weighted by atomic mass is 16.5. The van der Waals surface area contributed by atoms with Crippen LogP contribution in [0.3, 0.4) is 0 Å². The molecule has 208 valence electrons. The van der Waals surface area contributed by atoms with Crippen LogP contribution in [0, 0.1) is 0 Å². The molecule has 0 saturated carbocycles. The van der Waals surface area contributed by atoms with E-state index in [9.17, 15) is 19.2 Å². The highest BCUT2D eigenvalue weighted by Gasteiger charge is 2.50. The van der Waals surface area contributed by atoms with Crippen molar-refractivity contribution in [1.82, 2.24) is 15.5 Å². The van der Waals surface area contributed by atoms with E-state index in [4.69, 9.17) is 4.74 Å². The van der Waals surface area contributed by atoms with E-state index in [2.05, 4.69) is 32.8 Å². The van der Waals surface area contributed by atoms with Gasteiger partial charge in [-0.15, -0.1) is 0 Å². The van der Waals surface area contributed by atoms with Gasteiger partial charge in [-0.25, -0.2) is 4.79 Å². The molecule has 1 aliphatic carbocycles. The summed E-state index contributed by atoms with van der Waals surface area (Å²) in [7, 11) is 2.10. The average Bonchev–Trinajstić information content (AvgIpc) is 3.38. The number of anilines is 3. The van der Waals surface area contributed by atoms with Crippen LogP contribution in [0.15, 0.2) is 36.4 Å². The summed E-state index contributed by atoms with van der Waals surface area (Å²) >= 11 is 0. The fourth-order valence-electron chi connectivity index (χ4n) is 5.85. The van der Waals surface area contributed by atoms with E-state index in [1.807, 2.05) is 30.3 Å². The number of nitrogens with zero attached hydrogens (tertiary/aromatic N) is 3. The summed E-state index contributed by atoms with van der Waals surface area (Å²) in [5.41, 5.74) is 1.86. The van der Waals surface area contributed by atoms with Crippen LogP contribution in [0.1, 0.15) is 27.8 Å². The fraction of sp³-hybridized carbons (Fsp3) is 0.429. The lowest BCUT2D eigenvalue weighted by molar-refractivity contribution is -0.133. The highest BCUT2D eigenvalue weighted by molar-refractivity contribution is 6.09. The van der Waals surface area contributed by atoms with Gasteiger partial charge in [0.1, 0.15) is 17.8 Å². The van der Waals surface area contributed by atoms with Gasteiger partial charge >= 0.3 is 6.03 Å². The van der Waals surface area contributed by atoms with E-state index < -0.39 is 17.2 Å². The third kappa shape index (κ3) is 4.46. The number of urea groups is 1. The Morgan fingerprint density at radius 2 is 1.77 bits per heavy atom. The van der Waals surface area contributed by atoms with Crippen LogP contribution in [0.2, 0.25) is 0 Å². The van der Waals surface area contributed by atoms with Crippen LogP contribution >= 0.6 is 0 Å². The minimum atomic E-state index is -1.11. The maximum atomic E-state index is 13.4. The summed E-state index contributed by atoms with van der Waals surface area (Å²) in [5.74, 6) is -0.418. The number of nitrogens with one attached hydrogen (secondary N) is 3. The normalized spacial score (nSPS) is 23.7. The summed E-state index contributed by atoms with van der Waals surface area (Å²) in [6, 6.07) is 10.8. The summed E-state index contributed by atoms with van der Waals surface area (Å²) in [5, 5.41) is 7.96. The number of hydrogen-bond acceptors (Lipinski definition) is 7. The van der Waals surface area contributed by atoms with E-state index in [1.54, 1.807) is 19.9 Å². The highest BCUT2D eigenvalue weighted by Crippen LogP contribution is 2.40. The fourth-order valence-corrected chi connectivity index (χ4v) is 5.85. The van der Waals surface area contributed by atoms with Gasteiger partial charge in [0, 0.05) is 53.2 Å². The van der Waals surface area contributed by atoms with Crippen LogP contribution in [0.4, 0.5) is 21.9 Å². The number of carbonyl (C=O) groups excluding carboxylic acids is 4. The predicted molar refractivity (Wildman–Crippen MR) is 149 cm³/mol. The van der Waals surface area contributed by atoms with Crippen molar-refractivity contribution in [2.45, 2.75) is 37.8 Å². The first-order valence-corrected chi connectivity index (χ1v) is 13.2. The maximum absolute atomic E-state index is 13.4. The van der Waals surface area contributed by atoms with Crippen LogP contribution in [0.25, 0.3) is 0 Å². The second-order valence-electron chi connectivity index (χ2n) is 11.3. The van der Waals surface area contributed by atoms with Crippen LogP contribution < -0.4 is 30.5 Å². The van der Waals surface area contributed by atoms with Crippen molar-refractivity contribution in [2.75, 3.05) is 54.9 Å². The molecule has 1 unspecified atom stereocenters.